The second-order valence-corrected chi connectivity index (χ2v) is 5.00. The van der Waals surface area contributed by atoms with E-state index in [9.17, 15) is 18.3 Å². The number of benzene rings is 1. The van der Waals surface area contributed by atoms with Gasteiger partial charge in [-0.1, -0.05) is 0 Å². The third kappa shape index (κ3) is 4.33. The number of phenols is 1. The van der Waals surface area contributed by atoms with E-state index in [1.54, 1.807) is 0 Å². The Hall–Kier alpha value is -1.38. The second-order valence-electron chi connectivity index (χ2n) is 5.00. The molecule has 1 aliphatic heterocycles. The fourth-order valence-corrected chi connectivity index (χ4v) is 2.62. The minimum atomic E-state index is -4.44. The molecular weight excluding hydrogens is 337 g/mol. The van der Waals surface area contributed by atoms with Crippen molar-refractivity contribution in [3.05, 3.63) is 17.7 Å². The molecule has 1 saturated heterocycles. The Labute approximate surface area is 138 Å². The first-order chi connectivity index (χ1) is 10.4. The summed E-state index contributed by atoms with van der Waals surface area (Å²) in [7, 11) is 2.57. The minimum Gasteiger partial charge on any atom is -0.502 e. The lowest BCUT2D eigenvalue weighted by Crippen LogP contribution is -2.49. The second kappa shape index (κ2) is 7.94. The summed E-state index contributed by atoms with van der Waals surface area (Å²) in [4.78, 5) is 1.36. The topological polar surface area (TPSA) is 54.0 Å². The highest BCUT2D eigenvalue weighted by Crippen LogP contribution is 2.44. The first-order valence-electron chi connectivity index (χ1n) is 6.85. The van der Waals surface area contributed by atoms with E-state index >= 15 is 0 Å². The van der Waals surface area contributed by atoms with Gasteiger partial charge in [-0.05, 0) is 17.7 Å². The summed E-state index contributed by atoms with van der Waals surface area (Å²) in [5, 5.41) is 12.9. The van der Waals surface area contributed by atoms with Crippen LogP contribution in [0.1, 0.15) is 11.6 Å². The van der Waals surface area contributed by atoms with Crippen LogP contribution in [0.5, 0.6) is 17.2 Å². The molecule has 1 aromatic rings. The smallest absolute Gasteiger partial charge is 0.408 e. The maximum Gasteiger partial charge on any atom is 0.408 e. The molecule has 0 saturated carbocycles. The van der Waals surface area contributed by atoms with Crippen molar-refractivity contribution in [2.75, 3.05) is 40.4 Å². The Morgan fingerprint density at radius 1 is 1.13 bits per heavy atom. The lowest BCUT2D eigenvalue weighted by Gasteiger charge is -2.36. The molecule has 0 spiro atoms. The molecule has 1 aliphatic rings. The quantitative estimate of drug-likeness (QED) is 0.867. The molecule has 0 bridgehead atoms. The zero-order valence-electron chi connectivity index (χ0n) is 12.8. The lowest BCUT2D eigenvalue weighted by molar-refractivity contribution is -0.187. The molecule has 1 aromatic carbocycles. The van der Waals surface area contributed by atoms with Gasteiger partial charge >= 0.3 is 6.18 Å². The molecule has 23 heavy (non-hydrogen) atoms. The van der Waals surface area contributed by atoms with Gasteiger partial charge in [0.05, 0.1) is 14.2 Å². The standard InChI is InChI=1S/C14H19F3N2O3.ClH/c1-21-10-7-9(8-11(22-2)12(10)20)13(14(15,16)17)19-5-3-18-4-6-19;/h7-8,13,18,20H,3-6H2,1-2H3;1H/t13-;/m0./s1. The predicted octanol–water partition coefficient (Wildman–Crippen LogP) is 2.34. The molecule has 1 heterocycles. The summed E-state index contributed by atoms with van der Waals surface area (Å²) >= 11 is 0. The molecule has 1 atom stereocenters. The van der Waals surface area contributed by atoms with Gasteiger partial charge in [0, 0.05) is 26.2 Å². The van der Waals surface area contributed by atoms with Crippen molar-refractivity contribution in [3.63, 3.8) is 0 Å². The van der Waals surface area contributed by atoms with E-state index in [0.29, 0.717) is 13.1 Å². The number of phenolic OH excluding ortho intramolecular Hbond substituents is 1. The Kier molecular flexibility index (Phi) is 6.79. The number of nitrogens with zero attached hydrogens (tertiary/aromatic N) is 1. The molecule has 132 valence electrons. The third-order valence-electron chi connectivity index (χ3n) is 3.64. The SMILES string of the molecule is COc1cc([C@H](N2CCNCC2)C(F)(F)F)cc(OC)c1O.Cl. The minimum absolute atomic E-state index is 0. The van der Waals surface area contributed by atoms with Gasteiger partial charge in [-0.15, -0.1) is 12.4 Å². The van der Waals surface area contributed by atoms with Crippen LogP contribution in [-0.2, 0) is 0 Å². The number of hydrogen-bond acceptors (Lipinski definition) is 5. The third-order valence-corrected chi connectivity index (χ3v) is 3.64. The molecule has 2 N–H and O–H groups in total. The predicted molar refractivity (Wildman–Crippen MR) is 81.7 cm³/mol. The van der Waals surface area contributed by atoms with Crippen molar-refractivity contribution in [2.45, 2.75) is 12.2 Å². The summed E-state index contributed by atoms with van der Waals surface area (Å²) in [6, 6.07) is 0.647. The number of hydrogen-bond donors (Lipinski definition) is 2. The number of methoxy groups -OCH3 is 2. The first-order valence-corrected chi connectivity index (χ1v) is 6.85. The maximum atomic E-state index is 13.6. The number of rotatable bonds is 4. The zero-order valence-corrected chi connectivity index (χ0v) is 13.6. The Balaban J connectivity index is 0.00000264. The highest BCUT2D eigenvalue weighted by atomic mass is 35.5. The fraction of sp³-hybridized carbons (Fsp3) is 0.571. The molecule has 0 radical (unpaired) electrons. The van der Waals surface area contributed by atoms with Crippen molar-refractivity contribution in [3.8, 4) is 17.2 Å². The Morgan fingerprint density at radius 3 is 2.00 bits per heavy atom. The van der Waals surface area contributed by atoms with Crippen LogP contribution in [-0.4, -0.2) is 56.6 Å². The van der Waals surface area contributed by atoms with Crippen LogP contribution < -0.4 is 14.8 Å². The number of piperazine rings is 1. The molecule has 0 amide bonds. The van der Waals surface area contributed by atoms with Crippen LogP contribution >= 0.6 is 12.4 Å². The number of halogens is 4. The molecule has 1 fully saturated rings. The van der Waals surface area contributed by atoms with Gasteiger partial charge in [0.1, 0.15) is 6.04 Å². The van der Waals surface area contributed by atoms with Gasteiger partial charge in [0.2, 0.25) is 5.75 Å². The van der Waals surface area contributed by atoms with E-state index in [4.69, 9.17) is 9.47 Å². The maximum absolute atomic E-state index is 13.6. The molecule has 5 nitrogen and oxygen atoms in total. The first kappa shape index (κ1) is 19.7. The van der Waals surface area contributed by atoms with Crippen molar-refractivity contribution in [2.24, 2.45) is 0 Å². The summed E-state index contributed by atoms with van der Waals surface area (Å²) in [5.74, 6) is -0.396. The van der Waals surface area contributed by atoms with Crippen LogP contribution in [0.25, 0.3) is 0 Å². The summed E-state index contributed by atoms with van der Waals surface area (Å²) in [5.41, 5.74) is -0.0131. The van der Waals surface area contributed by atoms with Crippen LogP contribution in [0, 0.1) is 0 Å². The van der Waals surface area contributed by atoms with E-state index in [1.807, 2.05) is 0 Å². The molecular formula is C14H20ClF3N2O3. The summed E-state index contributed by atoms with van der Waals surface area (Å²) < 4.78 is 50.6. The number of alkyl halides is 3. The summed E-state index contributed by atoms with van der Waals surface area (Å²) in [6.07, 6.45) is -4.44. The Morgan fingerprint density at radius 2 is 1.61 bits per heavy atom. The van der Waals surface area contributed by atoms with Gasteiger partial charge in [-0.3, -0.25) is 4.90 Å². The highest BCUT2D eigenvalue weighted by molar-refractivity contribution is 5.85. The van der Waals surface area contributed by atoms with Crippen molar-refractivity contribution in [1.29, 1.82) is 0 Å². The van der Waals surface area contributed by atoms with Gasteiger partial charge in [0.25, 0.3) is 0 Å². The highest BCUT2D eigenvalue weighted by Gasteiger charge is 2.45. The van der Waals surface area contributed by atoms with Gasteiger partial charge in [-0.25, -0.2) is 0 Å². The van der Waals surface area contributed by atoms with Crippen LogP contribution in [0.15, 0.2) is 12.1 Å². The van der Waals surface area contributed by atoms with E-state index in [-0.39, 0.29) is 48.3 Å². The van der Waals surface area contributed by atoms with E-state index in [1.165, 1.54) is 31.3 Å². The van der Waals surface area contributed by atoms with Crippen molar-refractivity contribution in [1.82, 2.24) is 10.2 Å². The molecule has 0 aromatic heterocycles. The normalized spacial score (nSPS) is 17.3. The number of aromatic hydroxyl groups is 1. The summed E-state index contributed by atoms with van der Waals surface area (Å²) in [6.45, 7) is 1.57. The van der Waals surface area contributed by atoms with E-state index in [2.05, 4.69) is 5.32 Å². The average Bonchev–Trinajstić information content (AvgIpc) is 2.48. The largest absolute Gasteiger partial charge is 0.502 e. The van der Waals surface area contributed by atoms with Crippen LogP contribution in [0.4, 0.5) is 13.2 Å². The number of ether oxygens (including phenoxy) is 2. The zero-order chi connectivity index (χ0) is 16.3. The molecule has 0 unspecified atom stereocenters. The van der Waals surface area contributed by atoms with E-state index in [0.717, 1.165) is 0 Å². The molecule has 0 aliphatic carbocycles. The van der Waals surface area contributed by atoms with E-state index < -0.39 is 12.2 Å². The van der Waals surface area contributed by atoms with Crippen LogP contribution in [0.2, 0.25) is 0 Å². The molecule has 2 rings (SSSR count). The van der Waals surface area contributed by atoms with Crippen molar-refractivity contribution < 1.29 is 27.8 Å². The van der Waals surface area contributed by atoms with Crippen LogP contribution in [0.3, 0.4) is 0 Å². The fourth-order valence-electron chi connectivity index (χ4n) is 2.62. The van der Waals surface area contributed by atoms with Gasteiger partial charge in [-0.2, -0.15) is 13.2 Å². The number of nitrogens with one attached hydrogen (secondary N) is 1. The van der Waals surface area contributed by atoms with Crippen molar-refractivity contribution >= 4 is 12.4 Å². The van der Waals surface area contributed by atoms with Gasteiger partial charge in [0.15, 0.2) is 11.5 Å². The monoisotopic (exact) mass is 356 g/mol. The lowest BCUT2D eigenvalue weighted by atomic mass is 10.0. The molecule has 9 heteroatoms. The Bertz CT molecular complexity index is 497. The average molecular weight is 357 g/mol. The van der Waals surface area contributed by atoms with Gasteiger partial charge < -0.3 is 19.9 Å².